The van der Waals surface area contributed by atoms with Crippen LogP contribution in [0.1, 0.15) is 17.0 Å². The van der Waals surface area contributed by atoms with Crippen molar-refractivity contribution < 1.29 is 35.8 Å². The summed E-state index contributed by atoms with van der Waals surface area (Å²) in [6.45, 7) is -2.57. The molecule has 0 fully saturated rings. The predicted molar refractivity (Wildman–Crippen MR) is 112 cm³/mol. The van der Waals surface area contributed by atoms with Gasteiger partial charge in [-0.15, -0.1) is 0 Å². The van der Waals surface area contributed by atoms with Crippen LogP contribution in [0.25, 0.3) is 22.4 Å². The summed E-state index contributed by atoms with van der Waals surface area (Å²) in [5, 5.41) is 0.846. The zero-order valence-electron chi connectivity index (χ0n) is 16.0. The van der Waals surface area contributed by atoms with E-state index in [1.807, 2.05) is 34.9 Å². The van der Waals surface area contributed by atoms with Crippen LogP contribution in [0, 0.1) is 0 Å². The molecule has 0 radical (unpaired) electrons. The highest BCUT2D eigenvalue weighted by atomic mass is 32.2. The maximum Gasteiger partial charge on any atom is 0.387 e. The van der Waals surface area contributed by atoms with Gasteiger partial charge in [0.1, 0.15) is 4.70 Å². The summed E-state index contributed by atoms with van der Waals surface area (Å²) in [7, 11) is -2.66. The van der Waals surface area contributed by atoms with Crippen molar-refractivity contribution in [2.45, 2.75) is 19.6 Å². The molecule has 0 unspecified atom stereocenters. The molecule has 0 bridgehead atoms. The predicted octanol–water partition coefficient (Wildman–Crippen LogP) is 4.25. The van der Waals surface area contributed by atoms with Gasteiger partial charge < -0.3 is 9.47 Å². The maximum absolute atomic E-state index is 12.6. The van der Waals surface area contributed by atoms with Crippen LogP contribution in [0.15, 0.2) is 42.5 Å². The summed E-state index contributed by atoms with van der Waals surface area (Å²) in [6, 6.07) is 12.4. The van der Waals surface area contributed by atoms with Gasteiger partial charge in [0.15, 0.2) is 18.0 Å². The Morgan fingerprint density at radius 3 is 2.63 bits per heavy atom. The molecule has 0 aliphatic carbocycles. The van der Waals surface area contributed by atoms with E-state index >= 15 is 0 Å². The van der Waals surface area contributed by atoms with Crippen LogP contribution in [-0.4, -0.2) is 32.4 Å². The van der Waals surface area contributed by atoms with Crippen LogP contribution >= 0.6 is 11.3 Å². The molecular weight excluding hydrogens is 436 g/mol. The lowest BCUT2D eigenvalue weighted by molar-refractivity contribution is -0.668. The van der Waals surface area contributed by atoms with E-state index in [1.54, 1.807) is 18.2 Å². The molecule has 1 N–H and O–H groups in total. The SMILES string of the molecule is COc1ccc(/C=C/c2sc3ccccc3[n+]2CCCS(=O)(=O)O)cc1OC(F)F. The number of ether oxygens (including phenoxy) is 2. The fourth-order valence-corrected chi connectivity index (χ4v) is 4.55. The van der Waals surface area contributed by atoms with E-state index in [9.17, 15) is 17.2 Å². The Labute approximate surface area is 176 Å². The average molecular weight is 457 g/mol. The van der Waals surface area contributed by atoms with Crippen LogP contribution in [0.3, 0.4) is 0 Å². The quantitative estimate of drug-likeness (QED) is 0.385. The van der Waals surface area contributed by atoms with Crippen LogP contribution in [0.2, 0.25) is 0 Å². The molecule has 0 saturated carbocycles. The van der Waals surface area contributed by atoms with Gasteiger partial charge in [0, 0.05) is 18.6 Å². The number of para-hydroxylation sites is 1. The second-order valence-electron chi connectivity index (χ2n) is 6.32. The Hall–Kier alpha value is -2.56. The van der Waals surface area contributed by atoms with Crippen molar-refractivity contribution in [1.29, 1.82) is 0 Å². The Bertz CT molecular complexity index is 1160. The van der Waals surface area contributed by atoms with Crippen molar-refractivity contribution in [3.8, 4) is 11.5 Å². The van der Waals surface area contributed by atoms with E-state index < -0.39 is 16.7 Å². The first-order chi connectivity index (χ1) is 14.3. The summed E-state index contributed by atoms with van der Waals surface area (Å²) < 4.78 is 68.9. The molecule has 0 aliphatic rings. The van der Waals surface area contributed by atoms with Crippen LogP contribution in [0.5, 0.6) is 11.5 Å². The smallest absolute Gasteiger partial charge is 0.387 e. The van der Waals surface area contributed by atoms with Gasteiger partial charge >= 0.3 is 6.61 Å². The highest BCUT2D eigenvalue weighted by Gasteiger charge is 2.19. The lowest BCUT2D eigenvalue weighted by Gasteiger charge is -2.10. The van der Waals surface area contributed by atoms with Gasteiger partial charge in [-0.2, -0.15) is 21.8 Å². The maximum atomic E-state index is 12.6. The first-order valence-corrected chi connectivity index (χ1v) is 11.4. The fourth-order valence-electron chi connectivity index (χ4n) is 2.97. The van der Waals surface area contributed by atoms with Gasteiger partial charge in [0.2, 0.25) is 5.52 Å². The summed E-state index contributed by atoms with van der Waals surface area (Å²) >= 11 is 1.51. The van der Waals surface area contributed by atoms with Gasteiger partial charge in [-0.1, -0.05) is 29.5 Å². The summed E-state index contributed by atoms with van der Waals surface area (Å²) in [6.07, 6.45) is 3.83. The minimum atomic E-state index is -4.04. The molecular formula is C20H20F2NO5S2+. The second-order valence-corrected chi connectivity index (χ2v) is 8.96. The number of aryl methyl sites for hydroxylation is 1. The fraction of sp³-hybridized carbons (Fsp3) is 0.250. The van der Waals surface area contributed by atoms with Gasteiger partial charge in [-0.05, 0) is 29.8 Å². The Kier molecular flexibility index (Phi) is 7.01. The molecule has 1 aromatic heterocycles. The number of thiazole rings is 1. The molecule has 0 amide bonds. The van der Waals surface area contributed by atoms with Gasteiger partial charge in [0.05, 0.1) is 12.9 Å². The third-order valence-electron chi connectivity index (χ3n) is 4.24. The highest BCUT2D eigenvalue weighted by Crippen LogP contribution is 2.30. The van der Waals surface area contributed by atoms with Crippen molar-refractivity contribution in [2.24, 2.45) is 0 Å². The summed E-state index contributed by atoms with van der Waals surface area (Å²) in [5.41, 5.74) is 1.57. The molecule has 0 aliphatic heterocycles. The first-order valence-electron chi connectivity index (χ1n) is 8.94. The molecule has 30 heavy (non-hydrogen) atoms. The zero-order valence-corrected chi connectivity index (χ0v) is 17.6. The minimum absolute atomic E-state index is 0.0629. The Morgan fingerprint density at radius 1 is 1.17 bits per heavy atom. The van der Waals surface area contributed by atoms with Crippen molar-refractivity contribution in [2.75, 3.05) is 12.9 Å². The number of aromatic nitrogens is 1. The number of benzene rings is 2. The third kappa shape index (κ3) is 5.74. The zero-order chi connectivity index (χ0) is 21.7. The van der Waals surface area contributed by atoms with Gasteiger partial charge in [-0.3, -0.25) is 4.55 Å². The molecule has 2 aromatic carbocycles. The molecule has 10 heteroatoms. The lowest BCUT2D eigenvalue weighted by atomic mass is 10.2. The largest absolute Gasteiger partial charge is 0.493 e. The lowest BCUT2D eigenvalue weighted by Crippen LogP contribution is -2.35. The first kappa shape index (κ1) is 22.1. The molecule has 0 saturated heterocycles. The number of hydrogen-bond acceptors (Lipinski definition) is 5. The minimum Gasteiger partial charge on any atom is -0.493 e. The van der Waals surface area contributed by atoms with Crippen LogP contribution in [-0.2, 0) is 16.7 Å². The van der Waals surface area contributed by atoms with Crippen molar-refractivity contribution in [3.63, 3.8) is 0 Å². The molecule has 3 aromatic rings. The average Bonchev–Trinajstić information content (AvgIpc) is 3.03. The third-order valence-corrected chi connectivity index (χ3v) is 6.18. The molecule has 160 valence electrons. The van der Waals surface area contributed by atoms with Crippen molar-refractivity contribution in [3.05, 3.63) is 53.0 Å². The molecule has 0 atom stereocenters. The topological polar surface area (TPSA) is 76.7 Å². The number of methoxy groups -OCH3 is 1. The summed E-state index contributed by atoms with van der Waals surface area (Å²) in [5.74, 6) is -0.193. The number of halogens is 2. The Morgan fingerprint density at radius 2 is 1.93 bits per heavy atom. The van der Waals surface area contributed by atoms with Crippen LogP contribution < -0.4 is 14.0 Å². The van der Waals surface area contributed by atoms with Crippen LogP contribution in [0.4, 0.5) is 8.78 Å². The van der Waals surface area contributed by atoms with E-state index in [-0.39, 0.29) is 23.7 Å². The molecule has 3 rings (SSSR count). The normalized spacial score (nSPS) is 12.2. The number of hydrogen-bond donors (Lipinski definition) is 1. The van der Waals surface area contributed by atoms with Gasteiger partial charge in [0.25, 0.3) is 15.1 Å². The number of alkyl halides is 2. The van der Waals surface area contributed by atoms with E-state index in [0.29, 0.717) is 12.1 Å². The number of rotatable bonds is 9. The Balaban J connectivity index is 1.91. The second kappa shape index (κ2) is 9.50. The molecule has 6 nitrogen and oxygen atoms in total. The van der Waals surface area contributed by atoms with E-state index in [4.69, 9.17) is 9.29 Å². The van der Waals surface area contributed by atoms with Gasteiger partial charge in [-0.25, -0.2) is 0 Å². The standard InChI is InChI=1S/C20H19F2NO5S2/c1-27-16-9-7-14(13-17(16)28-20(21)22)8-10-19-23(11-4-12-30(24,25)26)15-5-2-3-6-18(15)29-19/h2-3,5-10,13,20H,4,11-12H2,1H3/p+1/b10-8+. The number of nitrogens with zero attached hydrogens (tertiary/aromatic N) is 1. The van der Waals surface area contributed by atoms with Crippen molar-refractivity contribution >= 4 is 43.8 Å². The monoisotopic (exact) mass is 456 g/mol. The molecule has 1 heterocycles. The summed E-state index contributed by atoms with van der Waals surface area (Å²) in [4.78, 5) is 0. The highest BCUT2D eigenvalue weighted by molar-refractivity contribution is 7.85. The van der Waals surface area contributed by atoms with E-state index in [0.717, 1.165) is 15.2 Å². The van der Waals surface area contributed by atoms with Crippen molar-refractivity contribution in [1.82, 2.24) is 0 Å². The van der Waals surface area contributed by atoms with E-state index in [1.165, 1.54) is 24.5 Å². The number of fused-ring (bicyclic) bond motifs is 1. The molecule has 0 spiro atoms. The van der Waals surface area contributed by atoms with E-state index in [2.05, 4.69) is 4.74 Å².